The molecule has 0 aliphatic heterocycles. The summed E-state index contributed by atoms with van der Waals surface area (Å²) in [6, 6.07) is 6.75. The van der Waals surface area contributed by atoms with Gasteiger partial charge in [0.2, 0.25) is 5.95 Å². The average molecular weight is 418 g/mol. The van der Waals surface area contributed by atoms with Gasteiger partial charge in [0.05, 0.1) is 11.6 Å². The summed E-state index contributed by atoms with van der Waals surface area (Å²) in [6.07, 6.45) is 13.9. The van der Waals surface area contributed by atoms with Crippen LogP contribution in [0.3, 0.4) is 0 Å². The van der Waals surface area contributed by atoms with Crippen LogP contribution in [0.15, 0.2) is 36.0 Å². The highest BCUT2D eigenvalue weighted by atomic mass is 16.3. The van der Waals surface area contributed by atoms with Gasteiger partial charge in [-0.25, -0.2) is 9.97 Å². The molecule has 0 bridgehead atoms. The van der Waals surface area contributed by atoms with E-state index >= 15 is 0 Å². The van der Waals surface area contributed by atoms with Crippen molar-refractivity contribution in [2.75, 3.05) is 5.73 Å². The molecule has 164 valence electrons. The van der Waals surface area contributed by atoms with Gasteiger partial charge in [0.25, 0.3) is 0 Å². The SMILES string of the molecule is C[C@]12CC[C@H]3[C@@H](CC=C4C[C@@H](O)CC[C@@]43C)[C@@H]1CC[C@@H]2c1ccc2nc(N)ncc2c1. The molecular weight excluding hydrogens is 382 g/mol. The van der Waals surface area contributed by atoms with Gasteiger partial charge in [0.15, 0.2) is 0 Å². The lowest BCUT2D eigenvalue weighted by atomic mass is 9.47. The van der Waals surface area contributed by atoms with Crippen molar-refractivity contribution in [3.63, 3.8) is 0 Å². The highest BCUT2D eigenvalue weighted by Gasteiger charge is 2.58. The zero-order chi connectivity index (χ0) is 21.4. The summed E-state index contributed by atoms with van der Waals surface area (Å²) in [5.74, 6) is 3.36. The Bertz CT molecular complexity index is 1060. The molecule has 31 heavy (non-hydrogen) atoms. The molecule has 1 aromatic heterocycles. The maximum Gasteiger partial charge on any atom is 0.220 e. The quantitative estimate of drug-likeness (QED) is 0.591. The van der Waals surface area contributed by atoms with Crippen molar-refractivity contribution in [2.24, 2.45) is 28.6 Å². The Hall–Kier alpha value is -1.94. The Morgan fingerprint density at radius 3 is 2.81 bits per heavy atom. The maximum absolute atomic E-state index is 10.2. The first kappa shape index (κ1) is 19.7. The molecule has 0 radical (unpaired) electrons. The lowest BCUT2D eigenvalue weighted by Crippen LogP contribution is -2.50. The minimum absolute atomic E-state index is 0.118. The van der Waals surface area contributed by atoms with E-state index in [1.807, 2.05) is 6.20 Å². The van der Waals surface area contributed by atoms with Crippen LogP contribution in [0.1, 0.15) is 76.7 Å². The van der Waals surface area contributed by atoms with Crippen molar-refractivity contribution in [1.29, 1.82) is 0 Å². The van der Waals surface area contributed by atoms with Gasteiger partial charge in [-0.1, -0.05) is 31.6 Å². The van der Waals surface area contributed by atoms with Gasteiger partial charge in [0, 0.05) is 11.6 Å². The third-order valence-corrected chi connectivity index (χ3v) is 10.1. The van der Waals surface area contributed by atoms with Crippen molar-refractivity contribution >= 4 is 16.9 Å². The number of fused-ring (bicyclic) bond motifs is 6. The fourth-order valence-electron chi connectivity index (χ4n) is 8.47. The average Bonchev–Trinajstić information content (AvgIpc) is 3.11. The molecule has 6 rings (SSSR count). The van der Waals surface area contributed by atoms with Gasteiger partial charge in [0.1, 0.15) is 0 Å². The predicted molar refractivity (Wildman–Crippen MR) is 124 cm³/mol. The molecule has 0 spiro atoms. The Labute approximate surface area is 185 Å². The number of aromatic nitrogens is 2. The Morgan fingerprint density at radius 1 is 1.06 bits per heavy atom. The van der Waals surface area contributed by atoms with Crippen LogP contribution < -0.4 is 5.73 Å². The molecule has 1 heterocycles. The van der Waals surface area contributed by atoms with Crippen LogP contribution in [0, 0.1) is 28.6 Å². The van der Waals surface area contributed by atoms with Crippen LogP contribution in [0.2, 0.25) is 0 Å². The maximum atomic E-state index is 10.2. The van der Waals surface area contributed by atoms with E-state index in [9.17, 15) is 5.11 Å². The summed E-state index contributed by atoms with van der Waals surface area (Å²) >= 11 is 0. The molecule has 4 nitrogen and oxygen atoms in total. The molecule has 3 N–H and O–H groups in total. The Balaban J connectivity index is 1.32. The third kappa shape index (κ3) is 2.83. The summed E-state index contributed by atoms with van der Waals surface area (Å²) in [5.41, 5.74) is 10.4. The summed E-state index contributed by atoms with van der Waals surface area (Å²) < 4.78 is 0. The minimum Gasteiger partial charge on any atom is -0.393 e. The summed E-state index contributed by atoms with van der Waals surface area (Å²) in [7, 11) is 0. The second kappa shape index (κ2) is 6.78. The largest absolute Gasteiger partial charge is 0.393 e. The van der Waals surface area contributed by atoms with Crippen LogP contribution in [0.4, 0.5) is 5.95 Å². The predicted octanol–water partition coefficient (Wildman–Crippen LogP) is 5.62. The van der Waals surface area contributed by atoms with Crippen LogP contribution in [0.5, 0.6) is 0 Å². The molecule has 4 heteroatoms. The number of rotatable bonds is 1. The van der Waals surface area contributed by atoms with Crippen molar-refractivity contribution in [3.05, 3.63) is 41.6 Å². The fraction of sp³-hybridized carbons (Fsp3) is 0.630. The number of hydrogen-bond acceptors (Lipinski definition) is 4. The lowest BCUT2D eigenvalue weighted by Gasteiger charge is -2.58. The van der Waals surface area contributed by atoms with Gasteiger partial charge >= 0.3 is 0 Å². The van der Waals surface area contributed by atoms with Crippen molar-refractivity contribution in [3.8, 4) is 0 Å². The molecule has 4 aliphatic rings. The smallest absolute Gasteiger partial charge is 0.220 e. The van der Waals surface area contributed by atoms with Crippen molar-refractivity contribution in [2.45, 2.75) is 77.2 Å². The monoisotopic (exact) mass is 417 g/mol. The van der Waals surface area contributed by atoms with Crippen molar-refractivity contribution < 1.29 is 5.11 Å². The van der Waals surface area contributed by atoms with Crippen LogP contribution in [-0.2, 0) is 0 Å². The topological polar surface area (TPSA) is 72.0 Å². The number of aliphatic hydroxyl groups is 1. The van der Waals surface area contributed by atoms with E-state index in [4.69, 9.17) is 5.73 Å². The molecule has 0 unspecified atom stereocenters. The molecule has 0 amide bonds. The van der Waals surface area contributed by atoms with Gasteiger partial charge in [-0.05, 0) is 104 Å². The second-order valence-electron chi connectivity index (χ2n) is 11.4. The minimum atomic E-state index is -0.118. The number of nitrogens with two attached hydrogens (primary N) is 1. The van der Waals surface area contributed by atoms with Gasteiger partial charge in [-0.15, -0.1) is 0 Å². The summed E-state index contributed by atoms with van der Waals surface area (Å²) in [4.78, 5) is 8.61. The molecule has 4 aliphatic carbocycles. The third-order valence-electron chi connectivity index (χ3n) is 10.1. The van der Waals surface area contributed by atoms with Crippen LogP contribution in [-0.4, -0.2) is 21.2 Å². The summed E-state index contributed by atoms with van der Waals surface area (Å²) in [5, 5.41) is 11.3. The molecule has 0 saturated heterocycles. The Morgan fingerprint density at radius 2 is 1.94 bits per heavy atom. The fourth-order valence-corrected chi connectivity index (χ4v) is 8.47. The number of nitrogens with zero attached hydrogens (tertiary/aromatic N) is 2. The molecule has 3 fully saturated rings. The normalized spacial score (nSPS) is 41.9. The molecule has 3 saturated carbocycles. The van der Waals surface area contributed by atoms with Crippen LogP contribution in [0.25, 0.3) is 10.9 Å². The lowest BCUT2D eigenvalue weighted by molar-refractivity contribution is -0.0409. The van der Waals surface area contributed by atoms with E-state index in [-0.39, 0.29) is 6.10 Å². The number of benzene rings is 1. The molecular formula is C27H35N3O. The number of aliphatic hydroxyl groups excluding tert-OH is 1. The van der Waals surface area contributed by atoms with E-state index < -0.39 is 0 Å². The van der Waals surface area contributed by atoms with E-state index in [2.05, 4.69) is 48.1 Å². The van der Waals surface area contributed by atoms with Gasteiger partial charge in [-0.3, -0.25) is 0 Å². The number of nitrogen functional groups attached to an aromatic ring is 1. The van der Waals surface area contributed by atoms with Gasteiger partial charge < -0.3 is 10.8 Å². The van der Waals surface area contributed by atoms with E-state index in [1.54, 1.807) is 5.57 Å². The molecule has 1 aromatic carbocycles. The second-order valence-corrected chi connectivity index (χ2v) is 11.4. The standard InChI is InChI=1S/C27H35N3O/c1-26-11-9-19(31)14-18(26)4-5-20-22-7-6-21(27(22,2)12-10-23(20)26)16-3-8-24-17(13-16)15-29-25(28)30-24/h3-4,8,13,15,19-23,31H,5-7,9-12,14H2,1-2H3,(H2,28,29,30)/t19-,20-,21+,22-,23-,26-,27+/m0/s1. The summed E-state index contributed by atoms with van der Waals surface area (Å²) in [6.45, 7) is 5.10. The number of allylic oxidation sites excluding steroid dienone is 1. The van der Waals surface area contributed by atoms with E-state index in [0.717, 1.165) is 41.5 Å². The molecule has 7 atom stereocenters. The first-order valence-electron chi connectivity index (χ1n) is 12.3. The van der Waals surface area contributed by atoms with Crippen LogP contribution >= 0.6 is 0 Å². The number of anilines is 1. The highest BCUT2D eigenvalue weighted by Crippen LogP contribution is 2.68. The van der Waals surface area contributed by atoms with E-state index in [0.29, 0.717) is 22.7 Å². The highest BCUT2D eigenvalue weighted by molar-refractivity contribution is 5.79. The molecule has 2 aromatic rings. The number of hydrogen-bond donors (Lipinski definition) is 2. The zero-order valence-corrected chi connectivity index (χ0v) is 18.8. The van der Waals surface area contributed by atoms with Crippen molar-refractivity contribution in [1.82, 2.24) is 9.97 Å². The first-order chi connectivity index (χ1) is 14.9. The van der Waals surface area contributed by atoms with Gasteiger partial charge in [-0.2, -0.15) is 0 Å². The first-order valence-corrected chi connectivity index (χ1v) is 12.3. The van der Waals surface area contributed by atoms with E-state index in [1.165, 1.54) is 44.1 Å². The zero-order valence-electron chi connectivity index (χ0n) is 18.8. The Kier molecular flexibility index (Phi) is 4.31.